The van der Waals surface area contributed by atoms with E-state index in [0.717, 1.165) is 29.0 Å². The van der Waals surface area contributed by atoms with E-state index in [2.05, 4.69) is 46.8 Å². The van der Waals surface area contributed by atoms with Crippen molar-refractivity contribution in [1.82, 2.24) is 4.90 Å². The van der Waals surface area contributed by atoms with Crippen molar-refractivity contribution in [2.75, 3.05) is 13.1 Å². The van der Waals surface area contributed by atoms with Crippen molar-refractivity contribution in [3.8, 4) is 0 Å². The number of nitrogens with zero attached hydrogens (tertiary/aromatic N) is 1. The van der Waals surface area contributed by atoms with Gasteiger partial charge in [0.1, 0.15) is 0 Å². The maximum atomic E-state index is 6.13. The lowest BCUT2D eigenvalue weighted by Crippen LogP contribution is -2.34. The van der Waals surface area contributed by atoms with Crippen molar-refractivity contribution in [2.45, 2.75) is 26.3 Å². The first kappa shape index (κ1) is 13.1. The molecule has 3 heteroatoms. The molecule has 17 heavy (non-hydrogen) atoms. The van der Waals surface area contributed by atoms with E-state index in [1.807, 2.05) is 12.1 Å². The minimum absolute atomic E-state index is 0.626. The molecule has 1 aromatic rings. The zero-order valence-corrected chi connectivity index (χ0v) is 12.6. The highest BCUT2D eigenvalue weighted by molar-refractivity contribution is 9.10. The molecule has 0 atom stereocenters. The zero-order chi connectivity index (χ0) is 12.4. The van der Waals surface area contributed by atoms with Crippen LogP contribution in [0.25, 0.3) is 5.57 Å². The Balaban J connectivity index is 2.16. The Morgan fingerprint density at radius 3 is 2.65 bits per heavy atom. The number of halogens is 2. The van der Waals surface area contributed by atoms with Crippen LogP contribution in [0.2, 0.25) is 5.02 Å². The van der Waals surface area contributed by atoms with Gasteiger partial charge in [-0.05, 0) is 59.5 Å². The molecule has 0 amide bonds. The normalized spacial score (nSPS) is 17.4. The predicted molar refractivity (Wildman–Crippen MR) is 78.5 cm³/mol. The van der Waals surface area contributed by atoms with Gasteiger partial charge in [-0.2, -0.15) is 0 Å². The molecule has 0 unspecified atom stereocenters. The van der Waals surface area contributed by atoms with Crippen LogP contribution in [0.3, 0.4) is 0 Å². The summed E-state index contributed by atoms with van der Waals surface area (Å²) in [7, 11) is 0. The molecule has 0 saturated heterocycles. The molecule has 1 aliphatic heterocycles. The quantitative estimate of drug-likeness (QED) is 0.771. The number of hydrogen-bond acceptors (Lipinski definition) is 1. The SMILES string of the molecule is CC(C)N1CC=C(c2ccc(Br)c(Cl)c2)CC1. The average Bonchev–Trinajstić information content (AvgIpc) is 2.33. The van der Waals surface area contributed by atoms with Gasteiger partial charge in [-0.15, -0.1) is 0 Å². The second kappa shape index (κ2) is 5.55. The molecular formula is C14H17BrClN. The van der Waals surface area contributed by atoms with Gasteiger partial charge in [0.2, 0.25) is 0 Å². The van der Waals surface area contributed by atoms with E-state index in [9.17, 15) is 0 Å². The Bertz CT molecular complexity index is 440. The van der Waals surface area contributed by atoms with Gasteiger partial charge in [-0.25, -0.2) is 0 Å². The third-order valence-corrected chi connectivity index (χ3v) is 4.49. The molecule has 1 heterocycles. The lowest BCUT2D eigenvalue weighted by Gasteiger charge is -2.29. The van der Waals surface area contributed by atoms with E-state index < -0.39 is 0 Å². The van der Waals surface area contributed by atoms with Crippen molar-refractivity contribution < 1.29 is 0 Å². The summed E-state index contributed by atoms with van der Waals surface area (Å²) in [5.74, 6) is 0. The van der Waals surface area contributed by atoms with Gasteiger partial charge in [-0.3, -0.25) is 4.90 Å². The molecule has 0 fully saturated rings. The van der Waals surface area contributed by atoms with E-state index >= 15 is 0 Å². The fraction of sp³-hybridized carbons (Fsp3) is 0.429. The second-order valence-electron chi connectivity index (χ2n) is 4.70. The molecule has 0 radical (unpaired) electrons. The first-order valence-corrected chi connectivity index (χ1v) is 7.13. The molecule has 0 bridgehead atoms. The van der Waals surface area contributed by atoms with Gasteiger partial charge in [0.15, 0.2) is 0 Å². The molecule has 0 spiro atoms. The summed E-state index contributed by atoms with van der Waals surface area (Å²) in [5.41, 5.74) is 2.66. The van der Waals surface area contributed by atoms with Gasteiger partial charge >= 0.3 is 0 Å². The third-order valence-electron chi connectivity index (χ3n) is 3.26. The monoisotopic (exact) mass is 313 g/mol. The summed E-state index contributed by atoms with van der Waals surface area (Å²) in [5, 5.41) is 0.787. The van der Waals surface area contributed by atoms with Crippen molar-refractivity contribution in [2.24, 2.45) is 0 Å². The van der Waals surface area contributed by atoms with Crippen LogP contribution in [0.15, 0.2) is 28.7 Å². The third kappa shape index (κ3) is 3.12. The van der Waals surface area contributed by atoms with Crippen molar-refractivity contribution in [1.29, 1.82) is 0 Å². The number of hydrogen-bond donors (Lipinski definition) is 0. The molecule has 0 aliphatic carbocycles. The Morgan fingerprint density at radius 1 is 1.35 bits per heavy atom. The summed E-state index contributed by atoms with van der Waals surface area (Å²) in [6.07, 6.45) is 3.43. The fourth-order valence-corrected chi connectivity index (χ4v) is 2.54. The molecule has 1 aromatic carbocycles. The van der Waals surface area contributed by atoms with Gasteiger partial charge in [0.05, 0.1) is 5.02 Å². The maximum Gasteiger partial charge on any atom is 0.0554 e. The molecule has 92 valence electrons. The largest absolute Gasteiger partial charge is 0.297 e. The van der Waals surface area contributed by atoms with Crippen LogP contribution < -0.4 is 0 Å². The Hall–Kier alpha value is -0.310. The average molecular weight is 315 g/mol. The van der Waals surface area contributed by atoms with E-state index in [1.54, 1.807) is 0 Å². The summed E-state index contributed by atoms with van der Waals surface area (Å²) < 4.78 is 0.961. The smallest absolute Gasteiger partial charge is 0.0554 e. The van der Waals surface area contributed by atoms with Crippen molar-refractivity contribution in [3.05, 3.63) is 39.3 Å². The molecule has 0 N–H and O–H groups in total. The fourth-order valence-electron chi connectivity index (χ4n) is 2.11. The van der Waals surface area contributed by atoms with E-state index in [4.69, 9.17) is 11.6 Å². The van der Waals surface area contributed by atoms with Crippen molar-refractivity contribution >= 4 is 33.1 Å². The molecule has 0 aromatic heterocycles. The summed E-state index contributed by atoms with van der Waals surface area (Å²) in [6.45, 7) is 6.67. The van der Waals surface area contributed by atoms with E-state index in [-0.39, 0.29) is 0 Å². The summed E-state index contributed by atoms with van der Waals surface area (Å²) in [4.78, 5) is 2.48. The number of rotatable bonds is 2. The Kier molecular flexibility index (Phi) is 4.29. The van der Waals surface area contributed by atoms with Gasteiger partial charge in [0, 0.05) is 23.6 Å². The number of benzene rings is 1. The molecule has 1 aliphatic rings. The van der Waals surface area contributed by atoms with Crippen LogP contribution >= 0.6 is 27.5 Å². The summed E-state index contributed by atoms with van der Waals surface area (Å²) >= 11 is 9.55. The minimum atomic E-state index is 0.626. The highest BCUT2D eigenvalue weighted by atomic mass is 79.9. The topological polar surface area (TPSA) is 3.24 Å². The second-order valence-corrected chi connectivity index (χ2v) is 5.96. The minimum Gasteiger partial charge on any atom is -0.297 e. The van der Waals surface area contributed by atoms with E-state index in [0.29, 0.717) is 6.04 Å². The Labute approximate surface area is 117 Å². The van der Waals surface area contributed by atoms with Crippen LogP contribution in [-0.2, 0) is 0 Å². The standard InChI is InChI=1S/C14H17BrClN/c1-10(2)17-7-5-11(6-8-17)12-3-4-13(15)14(16)9-12/h3-5,9-10H,6-8H2,1-2H3. The Morgan fingerprint density at radius 2 is 2.12 bits per heavy atom. The molecule has 2 rings (SSSR count). The summed E-state index contributed by atoms with van der Waals surface area (Å²) in [6, 6.07) is 6.82. The maximum absolute atomic E-state index is 6.13. The van der Waals surface area contributed by atoms with Gasteiger partial charge in [-0.1, -0.05) is 23.7 Å². The highest BCUT2D eigenvalue weighted by Gasteiger charge is 2.15. The van der Waals surface area contributed by atoms with Crippen LogP contribution in [-0.4, -0.2) is 24.0 Å². The first-order chi connectivity index (χ1) is 8.08. The molecular weight excluding hydrogens is 298 g/mol. The lowest BCUT2D eigenvalue weighted by atomic mass is 9.99. The van der Waals surface area contributed by atoms with Crippen LogP contribution in [0.5, 0.6) is 0 Å². The van der Waals surface area contributed by atoms with Gasteiger partial charge in [0.25, 0.3) is 0 Å². The van der Waals surface area contributed by atoms with Crippen LogP contribution in [0, 0.1) is 0 Å². The van der Waals surface area contributed by atoms with Crippen LogP contribution in [0.4, 0.5) is 0 Å². The van der Waals surface area contributed by atoms with Crippen LogP contribution in [0.1, 0.15) is 25.8 Å². The van der Waals surface area contributed by atoms with E-state index in [1.165, 1.54) is 11.1 Å². The molecule has 0 saturated carbocycles. The predicted octanol–water partition coefficient (Wildman–Crippen LogP) is 4.60. The van der Waals surface area contributed by atoms with Gasteiger partial charge < -0.3 is 0 Å². The lowest BCUT2D eigenvalue weighted by molar-refractivity contribution is 0.245. The first-order valence-electron chi connectivity index (χ1n) is 5.96. The van der Waals surface area contributed by atoms with Crippen molar-refractivity contribution in [3.63, 3.8) is 0 Å². The highest BCUT2D eigenvalue weighted by Crippen LogP contribution is 2.29. The molecule has 1 nitrogen and oxygen atoms in total. The zero-order valence-electron chi connectivity index (χ0n) is 10.2.